The first kappa shape index (κ1) is 13.2. The molecule has 0 saturated carbocycles. The highest BCUT2D eigenvalue weighted by Crippen LogP contribution is 2.49. The van der Waals surface area contributed by atoms with E-state index in [4.69, 9.17) is 4.52 Å². The SMILES string of the molecule is Oc1ccccc1OP(O)SCc1ccccc1. The first-order valence-electron chi connectivity index (χ1n) is 5.37. The molecule has 2 rings (SSSR count). The third kappa shape index (κ3) is 3.91. The van der Waals surface area contributed by atoms with Gasteiger partial charge in [0.15, 0.2) is 11.5 Å². The van der Waals surface area contributed by atoms with Crippen LogP contribution in [0.3, 0.4) is 0 Å². The molecule has 0 heterocycles. The fourth-order valence-electron chi connectivity index (χ4n) is 1.35. The minimum atomic E-state index is -1.64. The number of benzene rings is 2. The summed E-state index contributed by atoms with van der Waals surface area (Å²) in [7, 11) is -1.64. The summed E-state index contributed by atoms with van der Waals surface area (Å²) >= 11 is 1.32. The van der Waals surface area contributed by atoms with Crippen molar-refractivity contribution >= 4 is 19.0 Å². The van der Waals surface area contributed by atoms with Crippen LogP contribution in [0.4, 0.5) is 0 Å². The number of hydrogen-bond acceptors (Lipinski definition) is 4. The van der Waals surface area contributed by atoms with Gasteiger partial charge in [0.05, 0.1) is 0 Å². The van der Waals surface area contributed by atoms with Crippen LogP contribution in [0, 0.1) is 0 Å². The molecule has 94 valence electrons. The van der Waals surface area contributed by atoms with Gasteiger partial charge >= 0.3 is 0 Å². The molecular formula is C13H13O3PS. The minimum Gasteiger partial charge on any atom is -0.504 e. The number of aromatic hydroxyl groups is 1. The molecule has 0 spiro atoms. The summed E-state index contributed by atoms with van der Waals surface area (Å²) in [5.41, 5.74) is 1.13. The highest BCUT2D eigenvalue weighted by Gasteiger charge is 2.11. The lowest BCUT2D eigenvalue weighted by molar-refractivity contribution is 0.433. The molecule has 5 heteroatoms. The van der Waals surface area contributed by atoms with E-state index < -0.39 is 7.58 Å². The maximum Gasteiger partial charge on any atom is 0.296 e. The fourth-order valence-corrected chi connectivity index (χ4v) is 3.35. The van der Waals surface area contributed by atoms with E-state index in [-0.39, 0.29) is 5.75 Å². The minimum absolute atomic E-state index is 0.0411. The Morgan fingerprint density at radius 3 is 2.39 bits per heavy atom. The molecule has 1 atom stereocenters. The van der Waals surface area contributed by atoms with E-state index in [1.165, 1.54) is 17.4 Å². The molecule has 0 aliphatic rings. The molecule has 2 aromatic carbocycles. The third-order valence-corrected chi connectivity index (χ3v) is 4.54. The maximum absolute atomic E-state index is 9.78. The van der Waals surface area contributed by atoms with E-state index >= 15 is 0 Å². The van der Waals surface area contributed by atoms with E-state index in [0.717, 1.165) is 5.56 Å². The Labute approximate surface area is 111 Å². The molecule has 0 fully saturated rings. The molecule has 0 amide bonds. The predicted octanol–water partition coefficient (Wildman–Crippen LogP) is 3.92. The van der Waals surface area contributed by atoms with Gasteiger partial charge in [-0.05, 0) is 17.7 Å². The molecule has 18 heavy (non-hydrogen) atoms. The van der Waals surface area contributed by atoms with Crippen molar-refractivity contribution in [1.29, 1.82) is 0 Å². The van der Waals surface area contributed by atoms with Crippen LogP contribution in [0.25, 0.3) is 0 Å². The Morgan fingerprint density at radius 1 is 1.00 bits per heavy atom. The maximum atomic E-state index is 9.78. The lowest BCUT2D eigenvalue weighted by Crippen LogP contribution is -1.85. The fraction of sp³-hybridized carbons (Fsp3) is 0.0769. The zero-order valence-corrected chi connectivity index (χ0v) is 11.3. The molecule has 1 unspecified atom stereocenters. The van der Waals surface area contributed by atoms with Gasteiger partial charge in [0, 0.05) is 5.75 Å². The molecule has 3 nitrogen and oxygen atoms in total. The van der Waals surface area contributed by atoms with Crippen molar-refractivity contribution in [3.8, 4) is 11.5 Å². The Kier molecular flexibility index (Phi) is 4.88. The average molecular weight is 280 g/mol. The smallest absolute Gasteiger partial charge is 0.296 e. The Bertz CT molecular complexity index is 493. The van der Waals surface area contributed by atoms with E-state index in [9.17, 15) is 10.00 Å². The van der Waals surface area contributed by atoms with Gasteiger partial charge < -0.3 is 14.5 Å². The summed E-state index contributed by atoms with van der Waals surface area (Å²) in [4.78, 5) is 9.78. The normalized spacial score (nSPS) is 12.1. The summed E-state index contributed by atoms with van der Waals surface area (Å²) < 4.78 is 5.30. The highest BCUT2D eigenvalue weighted by molar-refractivity contribution is 8.52. The van der Waals surface area contributed by atoms with E-state index in [2.05, 4.69) is 0 Å². The topological polar surface area (TPSA) is 49.7 Å². The standard InChI is InChI=1S/C13H13O3PS/c14-12-8-4-5-9-13(12)16-17(15)18-10-11-6-2-1-3-7-11/h1-9,14-15H,10H2. The van der Waals surface area contributed by atoms with Crippen molar-refractivity contribution in [3.05, 3.63) is 60.2 Å². The average Bonchev–Trinajstić information content (AvgIpc) is 2.40. The van der Waals surface area contributed by atoms with Crippen molar-refractivity contribution in [1.82, 2.24) is 0 Å². The summed E-state index contributed by atoms with van der Waals surface area (Å²) in [6.45, 7) is 0. The molecule has 0 aliphatic heterocycles. The van der Waals surface area contributed by atoms with Gasteiger partial charge in [-0.25, -0.2) is 0 Å². The lowest BCUT2D eigenvalue weighted by Gasteiger charge is -2.11. The van der Waals surface area contributed by atoms with Gasteiger partial charge in [-0.1, -0.05) is 53.8 Å². The quantitative estimate of drug-likeness (QED) is 0.815. The molecule has 0 aliphatic carbocycles. The number of rotatable bonds is 5. The summed E-state index contributed by atoms with van der Waals surface area (Å²) in [5, 5.41) is 9.51. The van der Waals surface area contributed by atoms with Crippen LogP contribution in [0.15, 0.2) is 54.6 Å². The van der Waals surface area contributed by atoms with Gasteiger partial charge in [0.1, 0.15) is 0 Å². The molecule has 2 N–H and O–H groups in total. The van der Waals surface area contributed by atoms with Gasteiger partial charge in [-0.3, -0.25) is 0 Å². The van der Waals surface area contributed by atoms with Crippen LogP contribution < -0.4 is 4.52 Å². The second kappa shape index (κ2) is 6.64. The summed E-state index contributed by atoms with van der Waals surface area (Å²) in [5.74, 6) is 1.03. The van der Waals surface area contributed by atoms with Crippen LogP contribution in [0.5, 0.6) is 11.5 Å². The summed E-state index contributed by atoms with van der Waals surface area (Å²) in [6.07, 6.45) is 0. The number of phenolic OH excluding ortho intramolecular Hbond substituents is 1. The second-order valence-electron chi connectivity index (χ2n) is 3.56. The van der Waals surface area contributed by atoms with E-state index in [1.54, 1.807) is 18.2 Å². The van der Waals surface area contributed by atoms with Gasteiger partial charge in [-0.2, -0.15) is 0 Å². The third-order valence-electron chi connectivity index (χ3n) is 2.23. The van der Waals surface area contributed by atoms with Crippen LogP contribution in [0.2, 0.25) is 0 Å². The molecule has 0 aromatic heterocycles. The van der Waals surface area contributed by atoms with Crippen molar-refractivity contribution < 1.29 is 14.5 Å². The molecule has 0 saturated heterocycles. The Hall–Kier alpha value is -1.22. The number of para-hydroxylation sites is 2. The second-order valence-corrected chi connectivity index (χ2v) is 6.47. The van der Waals surface area contributed by atoms with Crippen molar-refractivity contribution in [2.75, 3.05) is 0 Å². The van der Waals surface area contributed by atoms with Gasteiger partial charge in [0.25, 0.3) is 7.58 Å². The van der Waals surface area contributed by atoms with E-state index in [1.807, 2.05) is 30.3 Å². The molecule has 0 bridgehead atoms. The Morgan fingerprint density at radius 2 is 1.67 bits per heavy atom. The van der Waals surface area contributed by atoms with Crippen molar-refractivity contribution in [2.24, 2.45) is 0 Å². The lowest BCUT2D eigenvalue weighted by atomic mass is 10.2. The monoisotopic (exact) mass is 280 g/mol. The first-order chi connectivity index (χ1) is 8.75. The Balaban J connectivity index is 1.86. The predicted molar refractivity (Wildman–Crippen MR) is 75.6 cm³/mol. The highest BCUT2D eigenvalue weighted by atomic mass is 32.7. The molecular weight excluding hydrogens is 267 g/mol. The van der Waals surface area contributed by atoms with E-state index in [0.29, 0.717) is 11.5 Å². The largest absolute Gasteiger partial charge is 0.504 e. The molecule has 0 radical (unpaired) electrons. The molecule has 2 aromatic rings. The van der Waals surface area contributed by atoms with Gasteiger partial charge in [-0.15, -0.1) is 0 Å². The van der Waals surface area contributed by atoms with Crippen LogP contribution in [-0.4, -0.2) is 10.00 Å². The van der Waals surface area contributed by atoms with Crippen LogP contribution in [-0.2, 0) is 5.75 Å². The number of hydrogen-bond donors (Lipinski definition) is 2. The van der Waals surface area contributed by atoms with Crippen molar-refractivity contribution in [2.45, 2.75) is 5.75 Å². The first-order valence-corrected chi connectivity index (χ1v) is 8.18. The van der Waals surface area contributed by atoms with Crippen molar-refractivity contribution in [3.63, 3.8) is 0 Å². The zero-order valence-electron chi connectivity index (χ0n) is 9.56. The summed E-state index contributed by atoms with van der Waals surface area (Å²) in [6, 6.07) is 16.5. The zero-order chi connectivity index (χ0) is 12.8. The van der Waals surface area contributed by atoms with Crippen LogP contribution in [0.1, 0.15) is 5.56 Å². The van der Waals surface area contributed by atoms with Gasteiger partial charge in [0.2, 0.25) is 0 Å². The van der Waals surface area contributed by atoms with Crippen LogP contribution >= 0.6 is 19.0 Å². The number of phenols is 1.